The van der Waals surface area contributed by atoms with Crippen LogP contribution in [0.5, 0.6) is 0 Å². The number of amides is 2. The number of hydrogen-bond acceptors (Lipinski definition) is 5. The maximum absolute atomic E-state index is 13.5. The highest BCUT2D eigenvalue weighted by Crippen LogP contribution is 2.33. The predicted octanol–water partition coefficient (Wildman–Crippen LogP) is 5.44. The SMILES string of the molecule is C[C@H]1CN(c2nnc(-c3ccc(F)cc3)c3ccccc23)[C@@H](C)CN1C(=O)Nc1ccc(C#N)cc1. The Morgan fingerprint density at radius 2 is 1.64 bits per heavy atom. The van der Waals surface area contributed by atoms with E-state index in [1.165, 1.54) is 12.1 Å². The van der Waals surface area contributed by atoms with Crippen molar-refractivity contribution in [2.75, 3.05) is 23.3 Å². The maximum Gasteiger partial charge on any atom is 0.322 e. The van der Waals surface area contributed by atoms with E-state index in [0.717, 1.165) is 22.2 Å². The Morgan fingerprint density at radius 1 is 0.944 bits per heavy atom. The van der Waals surface area contributed by atoms with Crippen LogP contribution in [-0.2, 0) is 0 Å². The van der Waals surface area contributed by atoms with Gasteiger partial charge in [-0.3, -0.25) is 0 Å². The van der Waals surface area contributed by atoms with Crippen molar-refractivity contribution >= 4 is 28.3 Å². The van der Waals surface area contributed by atoms with Gasteiger partial charge in [-0.2, -0.15) is 5.26 Å². The molecule has 8 heteroatoms. The molecule has 1 aromatic heterocycles. The van der Waals surface area contributed by atoms with Gasteiger partial charge in [0.25, 0.3) is 0 Å². The van der Waals surface area contributed by atoms with Gasteiger partial charge in [-0.1, -0.05) is 24.3 Å². The molecule has 1 fully saturated rings. The van der Waals surface area contributed by atoms with Crippen LogP contribution in [-0.4, -0.2) is 46.3 Å². The summed E-state index contributed by atoms with van der Waals surface area (Å²) in [5, 5.41) is 22.9. The molecule has 1 aliphatic rings. The number of aromatic nitrogens is 2. The first-order valence-electron chi connectivity index (χ1n) is 11.8. The van der Waals surface area contributed by atoms with Crippen molar-refractivity contribution in [1.29, 1.82) is 5.26 Å². The van der Waals surface area contributed by atoms with Gasteiger partial charge in [0.15, 0.2) is 5.82 Å². The molecule has 180 valence electrons. The monoisotopic (exact) mass is 480 g/mol. The smallest absolute Gasteiger partial charge is 0.322 e. The van der Waals surface area contributed by atoms with Gasteiger partial charge in [0.1, 0.15) is 11.5 Å². The molecule has 2 atom stereocenters. The molecule has 36 heavy (non-hydrogen) atoms. The van der Waals surface area contributed by atoms with Gasteiger partial charge >= 0.3 is 6.03 Å². The molecule has 1 N–H and O–H groups in total. The number of benzene rings is 3. The van der Waals surface area contributed by atoms with Gasteiger partial charge in [0.05, 0.1) is 11.6 Å². The fraction of sp³-hybridized carbons (Fsp3) is 0.214. The Bertz CT molecular complexity index is 1450. The summed E-state index contributed by atoms with van der Waals surface area (Å²) in [5.41, 5.74) is 2.70. The van der Waals surface area contributed by atoms with E-state index < -0.39 is 0 Å². The van der Waals surface area contributed by atoms with Gasteiger partial charge in [0, 0.05) is 47.2 Å². The molecule has 0 aliphatic carbocycles. The number of fused-ring (bicyclic) bond motifs is 1. The van der Waals surface area contributed by atoms with Crippen molar-refractivity contribution in [2.24, 2.45) is 0 Å². The van der Waals surface area contributed by atoms with E-state index >= 15 is 0 Å². The van der Waals surface area contributed by atoms with E-state index in [4.69, 9.17) is 5.26 Å². The third-order valence-corrected chi connectivity index (χ3v) is 6.57. The molecule has 1 aliphatic heterocycles. The van der Waals surface area contributed by atoms with Crippen molar-refractivity contribution in [1.82, 2.24) is 15.1 Å². The summed E-state index contributed by atoms with van der Waals surface area (Å²) < 4.78 is 13.5. The number of nitriles is 1. The fourth-order valence-electron chi connectivity index (χ4n) is 4.65. The summed E-state index contributed by atoms with van der Waals surface area (Å²) >= 11 is 0. The van der Waals surface area contributed by atoms with Crippen LogP contribution >= 0.6 is 0 Å². The van der Waals surface area contributed by atoms with Gasteiger partial charge in [-0.25, -0.2) is 9.18 Å². The molecule has 0 bridgehead atoms. The predicted molar refractivity (Wildman–Crippen MR) is 138 cm³/mol. The second-order valence-corrected chi connectivity index (χ2v) is 9.05. The van der Waals surface area contributed by atoms with Crippen molar-refractivity contribution in [3.05, 3.63) is 84.2 Å². The lowest BCUT2D eigenvalue weighted by molar-refractivity contribution is 0.173. The lowest BCUT2D eigenvalue weighted by atomic mass is 10.0. The van der Waals surface area contributed by atoms with E-state index in [9.17, 15) is 9.18 Å². The molecule has 5 rings (SSSR count). The topological polar surface area (TPSA) is 85.2 Å². The van der Waals surface area contributed by atoms with Crippen molar-refractivity contribution in [3.8, 4) is 17.3 Å². The minimum Gasteiger partial charge on any atom is -0.348 e. The zero-order valence-electron chi connectivity index (χ0n) is 20.0. The fourth-order valence-corrected chi connectivity index (χ4v) is 4.65. The highest BCUT2D eigenvalue weighted by molar-refractivity contribution is 6.00. The second kappa shape index (κ2) is 9.62. The van der Waals surface area contributed by atoms with E-state index in [1.54, 1.807) is 36.4 Å². The average Bonchev–Trinajstić information content (AvgIpc) is 2.90. The van der Waals surface area contributed by atoms with Crippen LogP contribution in [0.1, 0.15) is 19.4 Å². The van der Waals surface area contributed by atoms with Crippen molar-refractivity contribution in [3.63, 3.8) is 0 Å². The largest absolute Gasteiger partial charge is 0.348 e. The zero-order valence-corrected chi connectivity index (χ0v) is 20.0. The molecule has 0 spiro atoms. The maximum atomic E-state index is 13.5. The first-order valence-corrected chi connectivity index (χ1v) is 11.8. The molecule has 1 saturated heterocycles. The van der Waals surface area contributed by atoms with Crippen LogP contribution < -0.4 is 10.2 Å². The minimum atomic E-state index is -0.295. The van der Waals surface area contributed by atoms with Gasteiger partial charge in [0.2, 0.25) is 0 Å². The van der Waals surface area contributed by atoms with Crippen molar-refractivity contribution < 1.29 is 9.18 Å². The summed E-state index contributed by atoms with van der Waals surface area (Å²) in [6.45, 7) is 5.19. The molecular formula is C28H25FN6O. The Labute approximate surface area is 208 Å². The Morgan fingerprint density at radius 3 is 2.33 bits per heavy atom. The highest BCUT2D eigenvalue weighted by Gasteiger charge is 2.34. The summed E-state index contributed by atoms with van der Waals surface area (Å²) in [5.74, 6) is 0.472. The highest BCUT2D eigenvalue weighted by atomic mass is 19.1. The molecule has 0 unspecified atom stereocenters. The average molecular weight is 481 g/mol. The number of piperazine rings is 1. The summed E-state index contributed by atoms with van der Waals surface area (Å²) in [6, 6.07) is 22.9. The molecule has 2 heterocycles. The summed E-state index contributed by atoms with van der Waals surface area (Å²) in [7, 11) is 0. The van der Waals surface area contributed by atoms with E-state index in [2.05, 4.69) is 33.4 Å². The Hall–Kier alpha value is -4.51. The van der Waals surface area contributed by atoms with E-state index in [1.807, 2.05) is 36.1 Å². The quantitative estimate of drug-likeness (QED) is 0.422. The minimum absolute atomic E-state index is 0.00212. The first-order chi connectivity index (χ1) is 17.4. The lowest BCUT2D eigenvalue weighted by Crippen LogP contribution is -2.59. The Balaban J connectivity index is 1.39. The number of carbonyl (C=O) groups excluding carboxylic acids is 1. The second-order valence-electron chi connectivity index (χ2n) is 9.05. The lowest BCUT2D eigenvalue weighted by Gasteiger charge is -2.44. The van der Waals surface area contributed by atoms with Gasteiger partial charge in [-0.15, -0.1) is 10.2 Å². The van der Waals surface area contributed by atoms with E-state index in [0.29, 0.717) is 30.0 Å². The third-order valence-electron chi connectivity index (χ3n) is 6.57. The molecular weight excluding hydrogens is 455 g/mol. The van der Waals surface area contributed by atoms with Crippen molar-refractivity contribution in [2.45, 2.75) is 25.9 Å². The van der Waals surface area contributed by atoms with Gasteiger partial charge < -0.3 is 15.1 Å². The first kappa shape index (κ1) is 23.2. The molecule has 4 aromatic rings. The number of anilines is 2. The van der Waals surface area contributed by atoms with Crippen LogP contribution in [0.3, 0.4) is 0 Å². The number of nitrogens with one attached hydrogen (secondary N) is 1. The molecule has 3 aromatic carbocycles. The Kier molecular flexibility index (Phi) is 6.21. The number of carbonyl (C=O) groups is 1. The van der Waals surface area contributed by atoms with E-state index in [-0.39, 0.29) is 23.9 Å². The number of urea groups is 1. The zero-order chi connectivity index (χ0) is 25.2. The van der Waals surface area contributed by atoms with Crippen LogP contribution in [0, 0.1) is 17.1 Å². The van der Waals surface area contributed by atoms with Crippen LogP contribution in [0.4, 0.5) is 20.7 Å². The number of hydrogen-bond donors (Lipinski definition) is 1. The van der Waals surface area contributed by atoms with Gasteiger partial charge in [-0.05, 0) is 62.4 Å². The number of nitrogens with zero attached hydrogens (tertiary/aromatic N) is 5. The molecule has 2 amide bonds. The molecule has 0 saturated carbocycles. The van der Waals surface area contributed by atoms with Crippen LogP contribution in [0.2, 0.25) is 0 Å². The normalized spacial score (nSPS) is 17.6. The number of rotatable bonds is 3. The number of halogens is 1. The molecule has 7 nitrogen and oxygen atoms in total. The molecule has 0 radical (unpaired) electrons. The van der Waals surface area contributed by atoms with Crippen LogP contribution in [0.15, 0.2) is 72.8 Å². The standard InChI is InChI=1S/C28H25FN6O/c1-18-17-35(28(36)31-23-13-7-20(15-30)8-14-23)19(2)16-34(18)27-25-6-4-3-5-24(25)26(32-33-27)21-9-11-22(29)12-10-21/h3-14,18-19H,16-17H2,1-2H3,(H,31,36)/t18-,19-/m0/s1. The van der Waals surface area contributed by atoms with Crippen LogP contribution in [0.25, 0.3) is 22.0 Å². The summed E-state index contributed by atoms with van der Waals surface area (Å²) in [6.07, 6.45) is 0. The third kappa shape index (κ3) is 4.43. The summed E-state index contributed by atoms with van der Waals surface area (Å²) in [4.78, 5) is 17.1.